The molecule has 1 aliphatic rings. The maximum absolute atomic E-state index is 13.6. The van der Waals surface area contributed by atoms with Gasteiger partial charge in [-0.3, -0.25) is 9.59 Å². The van der Waals surface area contributed by atoms with Gasteiger partial charge >= 0.3 is 0 Å². The Bertz CT molecular complexity index is 1420. The van der Waals surface area contributed by atoms with Crippen LogP contribution in [0.3, 0.4) is 0 Å². The molecule has 0 fully saturated rings. The van der Waals surface area contributed by atoms with E-state index < -0.39 is 5.91 Å². The normalized spacial score (nSPS) is 13.0. The predicted octanol–water partition coefficient (Wildman–Crippen LogP) is 5.98. The van der Waals surface area contributed by atoms with Crippen molar-refractivity contribution in [1.29, 1.82) is 0 Å². The highest BCUT2D eigenvalue weighted by atomic mass is 32.1. The number of hydrogen-bond acceptors (Lipinski definition) is 5. The van der Waals surface area contributed by atoms with E-state index in [0.717, 1.165) is 58.3 Å². The Morgan fingerprint density at radius 3 is 2.54 bits per heavy atom. The molecule has 0 radical (unpaired) electrons. The van der Waals surface area contributed by atoms with Crippen molar-refractivity contribution in [2.75, 3.05) is 5.32 Å². The summed E-state index contributed by atoms with van der Waals surface area (Å²) in [6.07, 6.45) is 3.92. The van der Waals surface area contributed by atoms with Crippen molar-refractivity contribution >= 4 is 39.1 Å². The van der Waals surface area contributed by atoms with Crippen LogP contribution in [0.25, 0.3) is 22.2 Å². The van der Waals surface area contributed by atoms with Crippen LogP contribution in [0.5, 0.6) is 5.75 Å². The molecule has 0 bridgehead atoms. The van der Waals surface area contributed by atoms with Crippen molar-refractivity contribution in [3.63, 3.8) is 0 Å². The number of hydrogen-bond donors (Lipinski definition) is 2. The van der Waals surface area contributed by atoms with Crippen molar-refractivity contribution in [2.24, 2.45) is 5.73 Å². The molecule has 0 spiro atoms. The van der Waals surface area contributed by atoms with Gasteiger partial charge in [0.2, 0.25) is 0 Å². The largest absolute Gasteiger partial charge is 0.491 e. The lowest BCUT2D eigenvalue weighted by Gasteiger charge is -2.12. The van der Waals surface area contributed by atoms with E-state index in [9.17, 15) is 9.59 Å². The number of amides is 2. The summed E-state index contributed by atoms with van der Waals surface area (Å²) in [6, 6.07) is 17.1. The summed E-state index contributed by atoms with van der Waals surface area (Å²) in [6.45, 7) is 3.97. The summed E-state index contributed by atoms with van der Waals surface area (Å²) in [7, 11) is 0. The Morgan fingerprint density at radius 1 is 1.06 bits per heavy atom. The van der Waals surface area contributed by atoms with Crippen LogP contribution in [0.1, 0.15) is 57.8 Å². The highest BCUT2D eigenvalue weighted by Gasteiger charge is 2.26. The van der Waals surface area contributed by atoms with E-state index in [1.165, 1.54) is 11.3 Å². The number of nitrogens with zero attached hydrogens (tertiary/aromatic N) is 1. The fourth-order valence-corrected chi connectivity index (χ4v) is 5.86. The lowest BCUT2D eigenvalue weighted by molar-refractivity contribution is 0.100. The predicted molar refractivity (Wildman–Crippen MR) is 140 cm³/mol. The number of aromatic nitrogens is 1. The quantitative estimate of drug-likeness (QED) is 0.351. The third kappa shape index (κ3) is 4.64. The minimum Gasteiger partial charge on any atom is -0.491 e. The second-order valence-corrected chi connectivity index (χ2v) is 10.1. The molecule has 2 amide bonds. The van der Waals surface area contributed by atoms with Crippen molar-refractivity contribution in [1.82, 2.24) is 4.98 Å². The van der Waals surface area contributed by atoms with Crippen LogP contribution in [0.15, 0.2) is 54.6 Å². The van der Waals surface area contributed by atoms with E-state index in [1.54, 1.807) is 6.07 Å². The molecule has 2 aromatic heterocycles. The van der Waals surface area contributed by atoms with Crippen molar-refractivity contribution < 1.29 is 14.3 Å². The summed E-state index contributed by atoms with van der Waals surface area (Å²) in [5.41, 5.74) is 9.96. The van der Waals surface area contributed by atoms with Crippen molar-refractivity contribution in [3.05, 3.63) is 76.2 Å². The number of primary amides is 1. The molecular weight excluding hydrogens is 458 g/mol. The molecule has 0 aliphatic heterocycles. The molecule has 7 heteroatoms. The molecule has 3 N–H and O–H groups in total. The van der Waals surface area contributed by atoms with E-state index in [2.05, 4.69) is 5.32 Å². The minimum absolute atomic E-state index is 0.0863. The number of nitrogens with two attached hydrogens (primary N) is 1. The highest BCUT2D eigenvalue weighted by Crippen LogP contribution is 2.38. The summed E-state index contributed by atoms with van der Waals surface area (Å²) >= 11 is 1.46. The highest BCUT2D eigenvalue weighted by molar-refractivity contribution is 7.17. The molecule has 2 heterocycles. The molecule has 178 valence electrons. The third-order valence-corrected chi connectivity index (χ3v) is 7.33. The number of rotatable bonds is 6. The van der Waals surface area contributed by atoms with Crippen LogP contribution in [0.4, 0.5) is 5.00 Å². The Balaban J connectivity index is 1.54. The summed E-state index contributed by atoms with van der Waals surface area (Å²) in [5, 5.41) is 4.28. The van der Waals surface area contributed by atoms with Crippen LogP contribution in [-0.4, -0.2) is 22.9 Å². The Labute approximate surface area is 208 Å². The molecule has 2 aromatic carbocycles. The topological polar surface area (TPSA) is 94.3 Å². The third-order valence-electron chi connectivity index (χ3n) is 6.13. The lowest BCUT2D eigenvalue weighted by Crippen LogP contribution is -2.19. The van der Waals surface area contributed by atoms with Gasteiger partial charge in [0.15, 0.2) is 0 Å². The van der Waals surface area contributed by atoms with Gasteiger partial charge in [-0.1, -0.05) is 18.2 Å². The maximum Gasteiger partial charge on any atom is 0.257 e. The van der Waals surface area contributed by atoms with Gasteiger partial charge in [0.05, 0.1) is 28.4 Å². The zero-order chi connectivity index (χ0) is 24.5. The van der Waals surface area contributed by atoms with Gasteiger partial charge < -0.3 is 15.8 Å². The smallest absolute Gasteiger partial charge is 0.257 e. The van der Waals surface area contributed by atoms with E-state index >= 15 is 0 Å². The van der Waals surface area contributed by atoms with Gasteiger partial charge in [-0.2, -0.15) is 0 Å². The maximum atomic E-state index is 13.6. The first-order chi connectivity index (χ1) is 16.9. The van der Waals surface area contributed by atoms with E-state index in [1.807, 2.05) is 62.4 Å². The summed E-state index contributed by atoms with van der Waals surface area (Å²) < 4.78 is 5.75. The number of ether oxygens (including phenoxy) is 1. The van der Waals surface area contributed by atoms with Gasteiger partial charge in [0.25, 0.3) is 11.8 Å². The number of aryl methyl sites for hydroxylation is 1. The van der Waals surface area contributed by atoms with Gasteiger partial charge in [-0.25, -0.2) is 4.98 Å². The first-order valence-electron chi connectivity index (χ1n) is 11.8. The van der Waals surface area contributed by atoms with Crippen LogP contribution in [-0.2, 0) is 12.8 Å². The average molecular weight is 486 g/mol. The number of pyridine rings is 1. The number of benzene rings is 2. The number of anilines is 1. The summed E-state index contributed by atoms with van der Waals surface area (Å²) in [4.78, 5) is 31.8. The molecular formula is C28H27N3O3S. The Kier molecular flexibility index (Phi) is 6.26. The van der Waals surface area contributed by atoms with Gasteiger partial charge in [-0.15, -0.1) is 11.3 Å². The second kappa shape index (κ2) is 9.50. The zero-order valence-electron chi connectivity index (χ0n) is 19.8. The van der Waals surface area contributed by atoms with Crippen LogP contribution >= 0.6 is 11.3 Å². The van der Waals surface area contributed by atoms with Crippen LogP contribution < -0.4 is 15.8 Å². The molecule has 35 heavy (non-hydrogen) atoms. The number of para-hydroxylation sites is 1. The van der Waals surface area contributed by atoms with E-state index in [4.69, 9.17) is 15.5 Å². The number of carbonyl (C=O) groups is 2. The standard InChI is InChI=1S/C28H27N3O3S/c1-16(2)34-18-13-11-17(12-14-18)23-15-21(19-7-3-5-9-22(19)30-23)27(33)31-28-25(26(29)32)20-8-4-6-10-24(20)35-28/h3,5,7,9,11-16H,4,6,8,10H2,1-2H3,(H2,29,32)(H,31,33). The van der Waals surface area contributed by atoms with Crippen LogP contribution in [0, 0.1) is 0 Å². The number of thiophene rings is 1. The molecule has 1 aliphatic carbocycles. The van der Waals surface area contributed by atoms with E-state index in [0.29, 0.717) is 21.8 Å². The number of nitrogens with one attached hydrogen (secondary N) is 1. The molecule has 0 saturated carbocycles. The molecule has 0 saturated heterocycles. The monoisotopic (exact) mass is 485 g/mol. The van der Waals surface area contributed by atoms with Gasteiger partial charge in [0.1, 0.15) is 10.8 Å². The first kappa shape index (κ1) is 23.1. The van der Waals surface area contributed by atoms with Crippen LogP contribution in [0.2, 0.25) is 0 Å². The number of carbonyl (C=O) groups excluding carboxylic acids is 2. The Morgan fingerprint density at radius 2 is 1.80 bits per heavy atom. The second-order valence-electron chi connectivity index (χ2n) is 9.00. The molecule has 0 atom stereocenters. The van der Waals surface area contributed by atoms with Gasteiger partial charge in [-0.05, 0) is 81.5 Å². The van der Waals surface area contributed by atoms with E-state index in [-0.39, 0.29) is 12.0 Å². The van der Waals surface area contributed by atoms with Crippen molar-refractivity contribution in [2.45, 2.75) is 45.6 Å². The first-order valence-corrected chi connectivity index (χ1v) is 12.6. The molecule has 0 unspecified atom stereocenters. The van der Waals surface area contributed by atoms with Crippen molar-refractivity contribution in [3.8, 4) is 17.0 Å². The lowest BCUT2D eigenvalue weighted by atomic mass is 9.95. The number of fused-ring (bicyclic) bond motifs is 2. The Hall–Kier alpha value is -3.71. The fraction of sp³-hybridized carbons (Fsp3) is 0.250. The van der Waals surface area contributed by atoms with Gasteiger partial charge in [0, 0.05) is 15.8 Å². The SMILES string of the molecule is CC(C)Oc1ccc(-c2cc(C(=O)Nc3sc4c(c3C(N)=O)CCCC4)c3ccccc3n2)cc1. The molecule has 5 rings (SSSR count). The summed E-state index contributed by atoms with van der Waals surface area (Å²) in [5.74, 6) is -0.00228. The fourth-order valence-electron chi connectivity index (χ4n) is 4.57. The average Bonchev–Trinajstić information content (AvgIpc) is 3.21. The zero-order valence-corrected chi connectivity index (χ0v) is 20.6. The molecule has 6 nitrogen and oxygen atoms in total. The minimum atomic E-state index is -0.497. The molecule has 4 aromatic rings.